The van der Waals surface area contributed by atoms with Crippen molar-refractivity contribution in [1.29, 1.82) is 0 Å². The zero-order valence-electron chi connectivity index (χ0n) is 5.05. The Kier molecular flexibility index (Phi) is 1.83. The van der Waals surface area contributed by atoms with Gasteiger partial charge in [-0.15, -0.1) is 0 Å². The van der Waals surface area contributed by atoms with E-state index in [-0.39, 0.29) is 12.1 Å². The van der Waals surface area contributed by atoms with Gasteiger partial charge in [-0.25, -0.2) is 0 Å². The minimum Gasteiger partial charge on any atom is -0.360 e. The van der Waals surface area contributed by atoms with E-state index in [0.717, 1.165) is 6.54 Å². The van der Waals surface area contributed by atoms with Crippen molar-refractivity contribution in [2.75, 3.05) is 13.3 Å². The monoisotopic (exact) mass is 116 g/mol. The van der Waals surface area contributed by atoms with E-state index in [1.807, 2.05) is 6.92 Å². The van der Waals surface area contributed by atoms with E-state index in [0.29, 0.717) is 6.73 Å². The summed E-state index contributed by atoms with van der Waals surface area (Å²) in [4.78, 5) is 0. The first-order valence-corrected chi connectivity index (χ1v) is 2.88. The van der Waals surface area contributed by atoms with Crippen LogP contribution in [0.5, 0.6) is 0 Å². The average Bonchev–Trinajstić information content (AvgIpc) is 2.12. The summed E-state index contributed by atoms with van der Waals surface area (Å²) < 4.78 is 5.18. The molecule has 0 aromatic rings. The Morgan fingerprint density at radius 3 is 2.88 bits per heavy atom. The number of rotatable bonds is 1. The third-order valence-electron chi connectivity index (χ3n) is 1.33. The lowest BCUT2D eigenvalue weighted by Gasteiger charge is -2.10. The molecule has 1 saturated heterocycles. The standard InChI is InChI=1S/C5H12N2O/c1-4(6)5-2-7-3-8-5/h4-5,7H,2-3,6H2,1H3. The van der Waals surface area contributed by atoms with Crippen LogP contribution >= 0.6 is 0 Å². The van der Waals surface area contributed by atoms with Crippen LogP contribution in [0, 0.1) is 0 Å². The molecule has 0 spiro atoms. The van der Waals surface area contributed by atoms with Gasteiger partial charge in [0.15, 0.2) is 0 Å². The maximum Gasteiger partial charge on any atom is 0.0971 e. The summed E-state index contributed by atoms with van der Waals surface area (Å²) in [6.45, 7) is 3.52. The number of nitrogens with two attached hydrogens (primary N) is 1. The molecular formula is C5H12N2O. The van der Waals surface area contributed by atoms with E-state index >= 15 is 0 Å². The molecule has 0 aromatic heterocycles. The van der Waals surface area contributed by atoms with E-state index in [1.165, 1.54) is 0 Å². The third-order valence-corrected chi connectivity index (χ3v) is 1.33. The summed E-state index contributed by atoms with van der Waals surface area (Å²) in [6.07, 6.45) is 0.231. The number of hydrogen-bond donors (Lipinski definition) is 2. The van der Waals surface area contributed by atoms with Crippen molar-refractivity contribution in [2.24, 2.45) is 5.73 Å². The van der Waals surface area contributed by atoms with Crippen LogP contribution in [0.25, 0.3) is 0 Å². The highest BCUT2D eigenvalue weighted by Crippen LogP contribution is 1.99. The largest absolute Gasteiger partial charge is 0.360 e. The molecule has 1 heterocycles. The highest BCUT2D eigenvalue weighted by Gasteiger charge is 2.17. The van der Waals surface area contributed by atoms with Crippen molar-refractivity contribution >= 4 is 0 Å². The zero-order chi connectivity index (χ0) is 5.98. The maximum atomic E-state index is 5.53. The zero-order valence-corrected chi connectivity index (χ0v) is 5.05. The summed E-state index contributed by atoms with van der Waals surface area (Å²) >= 11 is 0. The van der Waals surface area contributed by atoms with Gasteiger partial charge >= 0.3 is 0 Å². The smallest absolute Gasteiger partial charge is 0.0971 e. The fourth-order valence-electron chi connectivity index (χ4n) is 0.764. The van der Waals surface area contributed by atoms with Gasteiger partial charge in [0, 0.05) is 12.6 Å². The molecule has 1 rings (SSSR count). The maximum absolute atomic E-state index is 5.53. The SMILES string of the molecule is CC(N)C1CNCO1. The van der Waals surface area contributed by atoms with Crippen LogP contribution in [0.15, 0.2) is 0 Å². The summed E-state index contributed by atoms with van der Waals surface area (Å²) in [5, 5.41) is 3.05. The summed E-state index contributed by atoms with van der Waals surface area (Å²) in [7, 11) is 0. The lowest BCUT2D eigenvalue weighted by atomic mass is 10.2. The third kappa shape index (κ3) is 1.18. The molecule has 3 heteroatoms. The fourth-order valence-corrected chi connectivity index (χ4v) is 0.764. The van der Waals surface area contributed by atoms with Crippen molar-refractivity contribution in [3.05, 3.63) is 0 Å². The fraction of sp³-hybridized carbons (Fsp3) is 1.00. The van der Waals surface area contributed by atoms with Gasteiger partial charge in [-0.05, 0) is 6.92 Å². The highest BCUT2D eigenvalue weighted by molar-refractivity contribution is 4.73. The predicted octanol–water partition coefficient (Wildman–Crippen LogP) is -0.720. The van der Waals surface area contributed by atoms with E-state index in [2.05, 4.69) is 5.32 Å². The molecule has 1 aliphatic heterocycles. The molecule has 0 aliphatic carbocycles. The van der Waals surface area contributed by atoms with E-state index in [1.54, 1.807) is 0 Å². The Bertz CT molecular complexity index is 68.8. The molecule has 0 aromatic carbocycles. The van der Waals surface area contributed by atoms with E-state index in [9.17, 15) is 0 Å². The lowest BCUT2D eigenvalue weighted by molar-refractivity contribution is 0.0978. The molecule has 8 heavy (non-hydrogen) atoms. The first-order valence-electron chi connectivity index (χ1n) is 2.88. The Labute approximate surface area is 49.2 Å². The topological polar surface area (TPSA) is 47.3 Å². The molecule has 0 radical (unpaired) electrons. The Morgan fingerprint density at radius 1 is 1.88 bits per heavy atom. The lowest BCUT2D eigenvalue weighted by Crippen LogP contribution is -2.34. The molecule has 48 valence electrons. The van der Waals surface area contributed by atoms with Crippen LogP contribution in [0.4, 0.5) is 0 Å². The highest BCUT2D eigenvalue weighted by atomic mass is 16.5. The average molecular weight is 116 g/mol. The van der Waals surface area contributed by atoms with Crippen molar-refractivity contribution in [3.63, 3.8) is 0 Å². The molecular weight excluding hydrogens is 104 g/mol. The van der Waals surface area contributed by atoms with Crippen LogP contribution < -0.4 is 11.1 Å². The summed E-state index contributed by atoms with van der Waals surface area (Å²) in [5.41, 5.74) is 5.53. The molecule has 3 N–H and O–H groups in total. The number of ether oxygens (including phenoxy) is 1. The summed E-state index contributed by atoms with van der Waals surface area (Å²) in [5.74, 6) is 0. The van der Waals surface area contributed by atoms with Crippen LogP contribution in [-0.2, 0) is 4.74 Å². The van der Waals surface area contributed by atoms with Gasteiger partial charge < -0.3 is 10.5 Å². The minimum atomic E-state index is 0.157. The van der Waals surface area contributed by atoms with Crippen LogP contribution in [-0.4, -0.2) is 25.4 Å². The van der Waals surface area contributed by atoms with Crippen molar-refractivity contribution in [1.82, 2.24) is 5.32 Å². The van der Waals surface area contributed by atoms with Gasteiger partial charge in [-0.3, -0.25) is 5.32 Å². The van der Waals surface area contributed by atoms with Gasteiger partial charge in [0.25, 0.3) is 0 Å². The molecule has 1 fully saturated rings. The van der Waals surface area contributed by atoms with Crippen LogP contribution in [0.1, 0.15) is 6.92 Å². The molecule has 2 unspecified atom stereocenters. The Balaban J connectivity index is 2.24. The van der Waals surface area contributed by atoms with Gasteiger partial charge in [0.1, 0.15) is 0 Å². The van der Waals surface area contributed by atoms with Crippen LogP contribution in [0.3, 0.4) is 0 Å². The molecule has 0 amide bonds. The normalized spacial score (nSPS) is 33.0. The van der Waals surface area contributed by atoms with E-state index in [4.69, 9.17) is 10.5 Å². The second-order valence-electron chi connectivity index (χ2n) is 2.16. The first kappa shape index (κ1) is 6.01. The van der Waals surface area contributed by atoms with Crippen molar-refractivity contribution in [2.45, 2.75) is 19.1 Å². The van der Waals surface area contributed by atoms with Crippen molar-refractivity contribution < 1.29 is 4.74 Å². The van der Waals surface area contributed by atoms with Gasteiger partial charge in [-0.2, -0.15) is 0 Å². The molecule has 0 bridgehead atoms. The van der Waals surface area contributed by atoms with Gasteiger partial charge in [0.2, 0.25) is 0 Å². The first-order chi connectivity index (χ1) is 3.80. The number of hydrogen-bond acceptors (Lipinski definition) is 3. The van der Waals surface area contributed by atoms with E-state index < -0.39 is 0 Å². The minimum absolute atomic E-state index is 0.157. The van der Waals surface area contributed by atoms with Crippen molar-refractivity contribution in [3.8, 4) is 0 Å². The second kappa shape index (κ2) is 2.44. The van der Waals surface area contributed by atoms with Crippen LogP contribution in [0.2, 0.25) is 0 Å². The predicted molar refractivity (Wildman–Crippen MR) is 31.4 cm³/mol. The molecule has 1 aliphatic rings. The van der Waals surface area contributed by atoms with Gasteiger partial charge in [-0.1, -0.05) is 0 Å². The number of nitrogens with one attached hydrogen (secondary N) is 1. The summed E-state index contributed by atoms with van der Waals surface area (Å²) in [6, 6.07) is 0.157. The Morgan fingerprint density at radius 2 is 2.62 bits per heavy atom. The quantitative estimate of drug-likeness (QED) is 0.475. The molecule has 0 saturated carbocycles. The second-order valence-corrected chi connectivity index (χ2v) is 2.16. The molecule has 3 nitrogen and oxygen atoms in total. The van der Waals surface area contributed by atoms with Gasteiger partial charge in [0.05, 0.1) is 12.8 Å². The Hall–Kier alpha value is -0.120. The molecule has 2 atom stereocenters.